The van der Waals surface area contributed by atoms with E-state index in [9.17, 15) is 13.5 Å². The van der Waals surface area contributed by atoms with E-state index in [-0.39, 0.29) is 10.3 Å². The topological polar surface area (TPSA) is 66.8 Å². The van der Waals surface area contributed by atoms with Gasteiger partial charge in [0.25, 0.3) is 0 Å². The van der Waals surface area contributed by atoms with Crippen molar-refractivity contribution in [2.75, 3.05) is 19.7 Å². The fraction of sp³-hybridized carbons (Fsp3) is 0.667. The van der Waals surface area contributed by atoms with Crippen molar-refractivity contribution in [3.05, 3.63) is 22.7 Å². The Bertz CT molecular complexity index is 752. The third-order valence-corrected chi connectivity index (χ3v) is 7.85. The summed E-state index contributed by atoms with van der Waals surface area (Å²) in [6.07, 6.45) is 3.82. The monoisotopic (exact) mass is 387 g/mol. The third-order valence-electron chi connectivity index (χ3n) is 5.58. The van der Waals surface area contributed by atoms with Crippen LogP contribution in [0.5, 0.6) is 5.75 Å². The van der Waals surface area contributed by atoms with E-state index in [0.29, 0.717) is 30.5 Å². The molecule has 1 aromatic rings. The van der Waals surface area contributed by atoms with Gasteiger partial charge in [0.05, 0.1) is 12.7 Å². The molecule has 0 bridgehead atoms. The Morgan fingerprint density at radius 3 is 2.72 bits per heavy atom. The standard InChI is InChI=1S/C18H26ClNO4S/c1-3-24-15-10-13(2)14(19)11-16(15)25(22,23)20-9-5-8-18(12-20)7-4-6-17(18)21/h10-11,17,21H,3-9,12H2,1-2H3/t17?,18-/m1/s1. The second kappa shape index (κ2) is 7.06. The molecule has 2 fully saturated rings. The van der Waals surface area contributed by atoms with Gasteiger partial charge in [-0.2, -0.15) is 4.31 Å². The molecule has 0 amide bonds. The molecule has 2 aliphatic rings. The number of benzene rings is 1. The summed E-state index contributed by atoms with van der Waals surface area (Å²) in [5.74, 6) is 0.344. The molecule has 1 aliphatic heterocycles. The predicted octanol–water partition coefficient (Wildman–Crippen LogP) is 3.36. The van der Waals surface area contributed by atoms with E-state index in [0.717, 1.165) is 37.7 Å². The summed E-state index contributed by atoms with van der Waals surface area (Å²) in [6.45, 7) is 4.87. The number of aliphatic hydroxyl groups is 1. The lowest BCUT2D eigenvalue weighted by Crippen LogP contribution is -2.49. The summed E-state index contributed by atoms with van der Waals surface area (Å²) in [4.78, 5) is 0.120. The molecule has 7 heteroatoms. The smallest absolute Gasteiger partial charge is 0.246 e. The minimum atomic E-state index is -3.73. The molecular weight excluding hydrogens is 362 g/mol. The molecular formula is C18H26ClNO4S. The Morgan fingerprint density at radius 1 is 1.36 bits per heavy atom. The molecule has 0 aromatic heterocycles. The maximum Gasteiger partial charge on any atom is 0.246 e. The van der Waals surface area contributed by atoms with E-state index in [1.807, 2.05) is 13.8 Å². The SMILES string of the molecule is CCOc1cc(C)c(Cl)cc1S(=O)(=O)N1CCC[C@]2(CCCC2O)C1. The fourth-order valence-corrected chi connectivity index (χ4v) is 6.11. The number of aryl methyl sites for hydroxylation is 1. The number of rotatable bonds is 4. The second-order valence-corrected chi connectivity index (χ2v) is 9.51. The first-order chi connectivity index (χ1) is 11.8. The normalized spacial score (nSPS) is 27.8. The average Bonchev–Trinajstić information content (AvgIpc) is 2.91. The van der Waals surface area contributed by atoms with Crippen LogP contribution < -0.4 is 4.74 Å². The summed E-state index contributed by atoms with van der Waals surface area (Å²) < 4.78 is 33.7. The van der Waals surface area contributed by atoms with Crippen molar-refractivity contribution in [2.45, 2.75) is 57.0 Å². The van der Waals surface area contributed by atoms with Crippen LogP contribution in [0.3, 0.4) is 0 Å². The highest BCUT2D eigenvalue weighted by Gasteiger charge is 2.47. The molecule has 1 aromatic carbocycles. The molecule has 5 nitrogen and oxygen atoms in total. The van der Waals surface area contributed by atoms with Gasteiger partial charge in [-0.15, -0.1) is 0 Å². The number of ether oxygens (including phenoxy) is 1. The molecule has 1 aliphatic carbocycles. The average molecular weight is 388 g/mol. The number of aliphatic hydroxyl groups excluding tert-OH is 1. The van der Waals surface area contributed by atoms with Crippen LogP contribution in [0.1, 0.15) is 44.6 Å². The number of nitrogens with zero attached hydrogens (tertiary/aromatic N) is 1. The molecule has 25 heavy (non-hydrogen) atoms. The van der Waals surface area contributed by atoms with Gasteiger partial charge in [0, 0.05) is 23.5 Å². The first-order valence-electron chi connectivity index (χ1n) is 8.91. The van der Waals surface area contributed by atoms with Crippen LogP contribution in [-0.2, 0) is 10.0 Å². The zero-order valence-electron chi connectivity index (χ0n) is 14.8. The van der Waals surface area contributed by atoms with Crippen molar-refractivity contribution < 1.29 is 18.3 Å². The van der Waals surface area contributed by atoms with Crippen LogP contribution in [0.2, 0.25) is 5.02 Å². The molecule has 1 heterocycles. The molecule has 2 atom stereocenters. The van der Waals surface area contributed by atoms with E-state index in [1.165, 1.54) is 10.4 Å². The molecule has 1 spiro atoms. The fourth-order valence-electron chi connectivity index (χ4n) is 4.16. The highest BCUT2D eigenvalue weighted by atomic mass is 35.5. The van der Waals surface area contributed by atoms with Gasteiger partial charge in [0.1, 0.15) is 10.6 Å². The van der Waals surface area contributed by atoms with Gasteiger partial charge in [-0.3, -0.25) is 0 Å². The van der Waals surface area contributed by atoms with E-state index < -0.39 is 16.1 Å². The van der Waals surface area contributed by atoms with Crippen molar-refractivity contribution in [3.8, 4) is 5.75 Å². The third kappa shape index (κ3) is 3.42. The van der Waals surface area contributed by atoms with Crippen molar-refractivity contribution in [1.82, 2.24) is 4.31 Å². The van der Waals surface area contributed by atoms with Gasteiger partial charge >= 0.3 is 0 Å². The van der Waals surface area contributed by atoms with Gasteiger partial charge in [-0.25, -0.2) is 8.42 Å². The maximum absolute atomic E-state index is 13.3. The largest absolute Gasteiger partial charge is 0.492 e. The van der Waals surface area contributed by atoms with Crippen LogP contribution in [0.25, 0.3) is 0 Å². The number of sulfonamides is 1. The Morgan fingerprint density at radius 2 is 2.08 bits per heavy atom. The Balaban J connectivity index is 1.97. The van der Waals surface area contributed by atoms with E-state index >= 15 is 0 Å². The minimum Gasteiger partial charge on any atom is -0.492 e. The predicted molar refractivity (Wildman–Crippen MR) is 97.6 cm³/mol. The Labute approximate surface area is 155 Å². The van der Waals surface area contributed by atoms with Gasteiger partial charge < -0.3 is 9.84 Å². The van der Waals surface area contributed by atoms with Crippen molar-refractivity contribution in [1.29, 1.82) is 0 Å². The first-order valence-corrected chi connectivity index (χ1v) is 10.7. The number of hydrogen-bond donors (Lipinski definition) is 1. The first kappa shape index (κ1) is 19.0. The van der Waals surface area contributed by atoms with Gasteiger partial charge in [0.15, 0.2) is 0 Å². The van der Waals surface area contributed by atoms with Crippen molar-refractivity contribution in [3.63, 3.8) is 0 Å². The molecule has 0 radical (unpaired) electrons. The van der Waals surface area contributed by atoms with Gasteiger partial charge in [0.2, 0.25) is 10.0 Å². The number of hydrogen-bond acceptors (Lipinski definition) is 4. The van der Waals surface area contributed by atoms with Crippen LogP contribution in [0.4, 0.5) is 0 Å². The van der Waals surface area contributed by atoms with Gasteiger partial charge in [-0.05, 0) is 57.2 Å². The molecule has 1 saturated carbocycles. The maximum atomic E-state index is 13.3. The summed E-state index contributed by atoms with van der Waals surface area (Å²) in [5.41, 5.74) is 0.483. The van der Waals surface area contributed by atoms with Crippen LogP contribution >= 0.6 is 11.6 Å². The highest BCUT2D eigenvalue weighted by Crippen LogP contribution is 2.46. The Hall–Kier alpha value is -0.820. The summed E-state index contributed by atoms with van der Waals surface area (Å²) in [5, 5.41) is 10.8. The zero-order chi connectivity index (χ0) is 18.2. The minimum absolute atomic E-state index is 0.120. The lowest BCUT2D eigenvalue weighted by atomic mass is 9.77. The van der Waals surface area contributed by atoms with Crippen molar-refractivity contribution >= 4 is 21.6 Å². The Kier molecular flexibility index (Phi) is 5.36. The second-order valence-electron chi connectivity index (χ2n) is 7.19. The van der Waals surface area contributed by atoms with Crippen LogP contribution in [0.15, 0.2) is 17.0 Å². The van der Waals surface area contributed by atoms with Gasteiger partial charge in [-0.1, -0.05) is 18.0 Å². The van der Waals surface area contributed by atoms with Crippen LogP contribution in [0, 0.1) is 12.3 Å². The molecule has 1 unspecified atom stereocenters. The quantitative estimate of drug-likeness (QED) is 0.860. The summed E-state index contributed by atoms with van der Waals surface area (Å²) in [7, 11) is -3.73. The molecule has 140 valence electrons. The van der Waals surface area contributed by atoms with E-state index in [4.69, 9.17) is 16.3 Å². The molecule has 1 saturated heterocycles. The van der Waals surface area contributed by atoms with E-state index in [2.05, 4.69) is 0 Å². The van der Waals surface area contributed by atoms with E-state index in [1.54, 1.807) is 6.07 Å². The lowest BCUT2D eigenvalue weighted by Gasteiger charge is -2.41. The molecule has 1 N–H and O–H groups in total. The highest BCUT2D eigenvalue weighted by molar-refractivity contribution is 7.89. The number of piperidine rings is 1. The summed E-state index contributed by atoms with van der Waals surface area (Å²) >= 11 is 6.20. The van der Waals surface area contributed by atoms with Crippen molar-refractivity contribution in [2.24, 2.45) is 5.41 Å². The zero-order valence-corrected chi connectivity index (χ0v) is 16.4. The lowest BCUT2D eigenvalue weighted by molar-refractivity contribution is 0.0126. The van der Waals surface area contributed by atoms with Crippen LogP contribution in [-0.4, -0.2) is 43.6 Å². The number of halogens is 1. The summed E-state index contributed by atoms with van der Waals surface area (Å²) in [6, 6.07) is 3.17. The molecule has 3 rings (SSSR count).